The fourth-order valence-corrected chi connectivity index (χ4v) is 2.22. The number of methoxy groups -OCH3 is 1. The Bertz CT molecular complexity index is 839. The van der Waals surface area contributed by atoms with Gasteiger partial charge in [0, 0.05) is 16.4 Å². The number of benzene rings is 2. The van der Waals surface area contributed by atoms with Crippen molar-refractivity contribution in [3.05, 3.63) is 59.2 Å². The Morgan fingerprint density at radius 2 is 1.75 bits per heavy atom. The fourth-order valence-electron chi connectivity index (χ4n) is 2.04. The second-order valence-electron chi connectivity index (χ2n) is 5.11. The molecule has 7 heteroatoms. The van der Waals surface area contributed by atoms with Crippen LogP contribution < -0.4 is 15.4 Å². The summed E-state index contributed by atoms with van der Waals surface area (Å²) in [6.07, 6.45) is 1.55. The summed E-state index contributed by atoms with van der Waals surface area (Å²) >= 11 is 6.13. The van der Waals surface area contributed by atoms with Gasteiger partial charge in [-0.05, 0) is 48.9 Å². The molecule has 0 aliphatic rings. The zero-order chi connectivity index (χ0) is 16.9. The molecule has 0 spiro atoms. The number of nitrogens with zero attached hydrogens (tertiary/aromatic N) is 3. The number of anilines is 4. The lowest BCUT2D eigenvalue weighted by molar-refractivity contribution is 0.415. The van der Waals surface area contributed by atoms with Crippen LogP contribution in [-0.2, 0) is 0 Å². The van der Waals surface area contributed by atoms with Crippen molar-refractivity contribution < 1.29 is 4.74 Å². The van der Waals surface area contributed by atoms with Crippen LogP contribution in [0, 0.1) is 6.92 Å². The molecule has 0 fully saturated rings. The second kappa shape index (κ2) is 7.14. The standard InChI is InChI=1S/C17H16ClN5O/c1-11-3-4-13(9-15(11)18)20-16-10-19-23-17(22-16)21-12-5-7-14(24-2)8-6-12/h3-10H,1-2H3,(H2,20,21,22,23). The van der Waals surface area contributed by atoms with E-state index >= 15 is 0 Å². The first-order chi connectivity index (χ1) is 11.6. The van der Waals surface area contributed by atoms with Crippen molar-refractivity contribution in [2.75, 3.05) is 17.7 Å². The summed E-state index contributed by atoms with van der Waals surface area (Å²) in [5.41, 5.74) is 2.69. The van der Waals surface area contributed by atoms with Crippen LogP contribution in [0.1, 0.15) is 5.56 Å². The molecule has 6 nitrogen and oxygen atoms in total. The highest BCUT2D eigenvalue weighted by Crippen LogP contribution is 2.23. The molecule has 0 aliphatic heterocycles. The van der Waals surface area contributed by atoms with E-state index in [9.17, 15) is 0 Å². The van der Waals surface area contributed by atoms with Gasteiger partial charge in [-0.1, -0.05) is 17.7 Å². The third kappa shape index (κ3) is 3.91. The maximum absolute atomic E-state index is 6.13. The number of aryl methyl sites for hydroxylation is 1. The van der Waals surface area contributed by atoms with Crippen molar-refractivity contribution >= 4 is 34.7 Å². The zero-order valence-corrected chi connectivity index (χ0v) is 14.0. The van der Waals surface area contributed by atoms with Crippen LogP contribution in [0.3, 0.4) is 0 Å². The minimum atomic E-state index is 0.392. The van der Waals surface area contributed by atoms with Crippen molar-refractivity contribution in [3.8, 4) is 5.75 Å². The molecule has 122 valence electrons. The highest BCUT2D eigenvalue weighted by molar-refractivity contribution is 6.31. The Morgan fingerprint density at radius 3 is 2.46 bits per heavy atom. The Labute approximate surface area is 144 Å². The van der Waals surface area contributed by atoms with Crippen LogP contribution in [0.2, 0.25) is 5.02 Å². The first-order valence-electron chi connectivity index (χ1n) is 7.28. The summed E-state index contributed by atoms with van der Waals surface area (Å²) in [5.74, 6) is 1.75. The number of nitrogens with one attached hydrogen (secondary N) is 2. The van der Waals surface area contributed by atoms with E-state index in [1.807, 2.05) is 49.4 Å². The molecule has 0 saturated heterocycles. The van der Waals surface area contributed by atoms with Gasteiger partial charge in [-0.25, -0.2) is 0 Å². The highest BCUT2D eigenvalue weighted by atomic mass is 35.5. The van der Waals surface area contributed by atoms with Gasteiger partial charge in [0.1, 0.15) is 5.75 Å². The van der Waals surface area contributed by atoms with Gasteiger partial charge in [0.25, 0.3) is 0 Å². The van der Waals surface area contributed by atoms with Gasteiger partial charge in [-0.15, -0.1) is 5.10 Å². The first-order valence-corrected chi connectivity index (χ1v) is 7.66. The smallest absolute Gasteiger partial charge is 0.249 e. The molecule has 0 aliphatic carbocycles. The molecule has 3 aromatic rings. The summed E-state index contributed by atoms with van der Waals surface area (Å²) in [6, 6.07) is 13.2. The van der Waals surface area contributed by atoms with Gasteiger partial charge in [-0.2, -0.15) is 10.1 Å². The van der Waals surface area contributed by atoms with E-state index in [-0.39, 0.29) is 0 Å². The van der Waals surface area contributed by atoms with E-state index in [0.717, 1.165) is 22.7 Å². The average molecular weight is 342 g/mol. The van der Waals surface area contributed by atoms with Gasteiger partial charge in [-0.3, -0.25) is 0 Å². The van der Waals surface area contributed by atoms with E-state index in [1.165, 1.54) is 0 Å². The Hall–Kier alpha value is -2.86. The fraction of sp³-hybridized carbons (Fsp3) is 0.118. The summed E-state index contributed by atoms with van der Waals surface area (Å²) < 4.78 is 5.13. The van der Waals surface area contributed by atoms with E-state index in [2.05, 4.69) is 25.8 Å². The molecule has 3 rings (SSSR count). The predicted molar refractivity (Wildman–Crippen MR) is 95.6 cm³/mol. The Morgan fingerprint density at radius 1 is 1.00 bits per heavy atom. The largest absolute Gasteiger partial charge is 0.497 e. The number of halogens is 1. The lowest BCUT2D eigenvalue weighted by Crippen LogP contribution is -2.02. The van der Waals surface area contributed by atoms with Gasteiger partial charge in [0.2, 0.25) is 5.95 Å². The summed E-state index contributed by atoms with van der Waals surface area (Å²) in [4.78, 5) is 4.39. The third-order valence-corrected chi connectivity index (χ3v) is 3.76. The molecular formula is C17H16ClN5O. The van der Waals surface area contributed by atoms with Crippen LogP contribution >= 0.6 is 11.6 Å². The van der Waals surface area contributed by atoms with E-state index in [4.69, 9.17) is 16.3 Å². The van der Waals surface area contributed by atoms with Crippen molar-refractivity contribution in [1.82, 2.24) is 15.2 Å². The van der Waals surface area contributed by atoms with Crippen LogP contribution in [0.15, 0.2) is 48.7 Å². The maximum atomic E-state index is 6.13. The van der Waals surface area contributed by atoms with Crippen molar-refractivity contribution in [2.45, 2.75) is 6.92 Å². The number of ether oxygens (including phenoxy) is 1. The monoisotopic (exact) mass is 341 g/mol. The molecule has 0 saturated carbocycles. The zero-order valence-electron chi connectivity index (χ0n) is 13.2. The normalized spacial score (nSPS) is 10.3. The Kier molecular flexibility index (Phi) is 4.77. The van der Waals surface area contributed by atoms with Gasteiger partial charge in [0.05, 0.1) is 13.3 Å². The molecule has 2 N–H and O–H groups in total. The van der Waals surface area contributed by atoms with E-state index in [0.29, 0.717) is 16.8 Å². The molecule has 2 aromatic carbocycles. The van der Waals surface area contributed by atoms with Gasteiger partial charge < -0.3 is 15.4 Å². The molecule has 0 atom stereocenters. The number of hydrogen-bond donors (Lipinski definition) is 2. The summed E-state index contributed by atoms with van der Waals surface area (Å²) in [6.45, 7) is 1.95. The van der Waals surface area contributed by atoms with Crippen molar-refractivity contribution in [3.63, 3.8) is 0 Å². The lowest BCUT2D eigenvalue weighted by atomic mass is 10.2. The van der Waals surface area contributed by atoms with Crippen LogP contribution in [0.5, 0.6) is 5.75 Å². The molecular weight excluding hydrogens is 326 g/mol. The maximum Gasteiger partial charge on any atom is 0.249 e. The lowest BCUT2D eigenvalue weighted by Gasteiger charge is -2.09. The van der Waals surface area contributed by atoms with Crippen molar-refractivity contribution in [1.29, 1.82) is 0 Å². The minimum Gasteiger partial charge on any atom is -0.497 e. The molecule has 0 radical (unpaired) electrons. The van der Waals surface area contributed by atoms with Gasteiger partial charge in [0.15, 0.2) is 5.82 Å². The number of rotatable bonds is 5. The van der Waals surface area contributed by atoms with Crippen LogP contribution in [0.4, 0.5) is 23.1 Å². The number of hydrogen-bond acceptors (Lipinski definition) is 6. The highest BCUT2D eigenvalue weighted by Gasteiger charge is 2.04. The SMILES string of the molecule is COc1ccc(Nc2nncc(Nc3ccc(C)c(Cl)c3)n2)cc1. The summed E-state index contributed by atoms with van der Waals surface area (Å²) in [5, 5.41) is 14.9. The average Bonchev–Trinajstić information content (AvgIpc) is 2.59. The summed E-state index contributed by atoms with van der Waals surface area (Å²) in [7, 11) is 1.63. The van der Waals surface area contributed by atoms with E-state index < -0.39 is 0 Å². The van der Waals surface area contributed by atoms with Gasteiger partial charge >= 0.3 is 0 Å². The minimum absolute atomic E-state index is 0.392. The third-order valence-electron chi connectivity index (χ3n) is 3.35. The molecule has 0 amide bonds. The predicted octanol–water partition coefficient (Wildman–Crippen LogP) is 4.33. The number of aromatic nitrogens is 3. The molecule has 24 heavy (non-hydrogen) atoms. The molecule has 1 heterocycles. The van der Waals surface area contributed by atoms with Crippen molar-refractivity contribution in [2.24, 2.45) is 0 Å². The van der Waals surface area contributed by atoms with Crippen LogP contribution in [-0.4, -0.2) is 22.3 Å². The topological polar surface area (TPSA) is 72.0 Å². The second-order valence-corrected chi connectivity index (χ2v) is 5.51. The van der Waals surface area contributed by atoms with E-state index in [1.54, 1.807) is 13.3 Å². The van der Waals surface area contributed by atoms with Crippen LogP contribution in [0.25, 0.3) is 0 Å². The quantitative estimate of drug-likeness (QED) is 0.719. The molecule has 0 unspecified atom stereocenters. The first kappa shape index (κ1) is 16.0. The Balaban J connectivity index is 1.74. The molecule has 0 bridgehead atoms. The molecule has 1 aromatic heterocycles.